The first-order valence-electron chi connectivity index (χ1n) is 11.6. The summed E-state index contributed by atoms with van der Waals surface area (Å²) in [6.45, 7) is 4.01. The van der Waals surface area contributed by atoms with Crippen LogP contribution in [0.1, 0.15) is 49.3 Å². The van der Waals surface area contributed by atoms with Crippen molar-refractivity contribution in [2.45, 2.75) is 68.5 Å². The molecule has 0 spiro atoms. The normalized spacial score (nSPS) is 29.0. The Balaban J connectivity index is 1.45. The lowest BCUT2D eigenvalue weighted by atomic mass is 10.1. The van der Waals surface area contributed by atoms with Crippen LogP contribution in [0.3, 0.4) is 0 Å². The van der Waals surface area contributed by atoms with E-state index in [1.807, 2.05) is 0 Å². The number of aliphatic hydroxyl groups excluding tert-OH is 3. The Kier molecular flexibility index (Phi) is 6.26. The molecule has 0 aliphatic heterocycles. The Labute approximate surface area is 196 Å². The molecule has 5 rings (SSSR count). The molecule has 1 aromatic carbocycles. The highest BCUT2D eigenvalue weighted by Gasteiger charge is 2.44. The second kappa shape index (κ2) is 9.17. The van der Waals surface area contributed by atoms with Crippen LogP contribution in [0, 0.1) is 12.8 Å². The van der Waals surface area contributed by atoms with Crippen molar-refractivity contribution < 1.29 is 15.3 Å². The minimum Gasteiger partial charge on any atom is -0.396 e. The first-order chi connectivity index (χ1) is 16.0. The van der Waals surface area contributed by atoms with Gasteiger partial charge in [-0.3, -0.25) is 0 Å². The van der Waals surface area contributed by atoms with Gasteiger partial charge in [-0.1, -0.05) is 53.7 Å². The van der Waals surface area contributed by atoms with Gasteiger partial charge in [-0.2, -0.15) is 0 Å². The van der Waals surface area contributed by atoms with Crippen LogP contribution in [-0.2, 0) is 0 Å². The van der Waals surface area contributed by atoms with E-state index in [-0.39, 0.29) is 12.6 Å². The van der Waals surface area contributed by atoms with Gasteiger partial charge in [0.25, 0.3) is 0 Å². The molecule has 2 aromatic heterocycles. The number of aryl methyl sites for hydroxylation is 1. The van der Waals surface area contributed by atoms with E-state index in [2.05, 4.69) is 53.7 Å². The van der Waals surface area contributed by atoms with E-state index in [9.17, 15) is 15.3 Å². The maximum absolute atomic E-state index is 10.6. The lowest BCUT2D eigenvalue weighted by Gasteiger charge is -2.17. The first kappa shape index (κ1) is 22.5. The molecule has 2 heterocycles. The summed E-state index contributed by atoms with van der Waals surface area (Å²) in [6, 6.07) is 8.40. The molecule has 6 unspecified atom stereocenters. The number of rotatable bonds is 8. The van der Waals surface area contributed by atoms with Crippen molar-refractivity contribution in [3.05, 3.63) is 35.4 Å². The van der Waals surface area contributed by atoms with Crippen molar-refractivity contribution in [3.63, 3.8) is 0 Å². The van der Waals surface area contributed by atoms with Gasteiger partial charge in [-0.15, -0.1) is 5.10 Å². The van der Waals surface area contributed by atoms with Crippen LogP contribution in [0.2, 0.25) is 0 Å². The van der Waals surface area contributed by atoms with E-state index in [1.165, 1.54) is 11.1 Å². The molecule has 2 saturated carbocycles. The molecule has 33 heavy (non-hydrogen) atoms. The molecule has 2 aliphatic rings. The number of aliphatic hydroxyl groups is 3. The van der Waals surface area contributed by atoms with Crippen molar-refractivity contribution in [1.82, 2.24) is 25.0 Å². The Morgan fingerprint density at radius 3 is 2.61 bits per heavy atom. The molecular weight excluding hydrogens is 440 g/mol. The van der Waals surface area contributed by atoms with Crippen LogP contribution in [0.15, 0.2) is 29.4 Å². The van der Waals surface area contributed by atoms with Gasteiger partial charge in [-0.05, 0) is 31.7 Å². The predicted octanol–water partition coefficient (Wildman–Crippen LogP) is 2.27. The third-order valence-corrected chi connectivity index (χ3v) is 7.73. The summed E-state index contributed by atoms with van der Waals surface area (Å²) in [5.74, 6) is 1.56. The van der Waals surface area contributed by atoms with Gasteiger partial charge < -0.3 is 20.6 Å². The highest BCUT2D eigenvalue weighted by molar-refractivity contribution is 7.99. The predicted molar refractivity (Wildman–Crippen MR) is 126 cm³/mol. The van der Waals surface area contributed by atoms with E-state index in [1.54, 1.807) is 16.4 Å². The average molecular weight is 471 g/mol. The second-order valence-electron chi connectivity index (χ2n) is 9.14. The van der Waals surface area contributed by atoms with Crippen LogP contribution in [-0.4, -0.2) is 70.9 Å². The standard InChI is InChI=1S/C23H30N6O3S/c1-3-8-33-23-25-21(24-16-10-15(16)13-6-4-12(2)5-7-13)18-22(26-23)29(28-27-18)17-9-14(11-30)19(31)20(17)32/h4-7,14-17,19-20,30-32H,3,8-11H2,1-2H3,(H,24,25,26). The van der Waals surface area contributed by atoms with Crippen LogP contribution in [0.5, 0.6) is 0 Å². The van der Waals surface area contributed by atoms with Crippen molar-refractivity contribution >= 4 is 28.7 Å². The fraction of sp³-hybridized carbons (Fsp3) is 0.565. The number of hydrogen-bond acceptors (Lipinski definition) is 9. The van der Waals surface area contributed by atoms with Crippen LogP contribution < -0.4 is 5.32 Å². The zero-order valence-electron chi connectivity index (χ0n) is 18.8. The van der Waals surface area contributed by atoms with Gasteiger partial charge in [0, 0.05) is 30.2 Å². The van der Waals surface area contributed by atoms with Gasteiger partial charge in [-0.25, -0.2) is 14.6 Å². The monoisotopic (exact) mass is 470 g/mol. The van der Waals surface area contributed by atoms with Crippen LogP contribution in [0.4, 0.5) is 5.82 Å². The van der Waals surface area contributed by atoms with Gasteiger partial charge in [0.1, 0.15) is 6.10 Å². The minimum absolute atomic E-state index is 0.192. The molecule has 0 saturated heterocycles. The third-order valence-electron chi connectivity index (χ3n) is 6.68. The number of hydrogen-bond donors (Lipinski definition) is 4. The summed E-state index contributed by atoms with van der Waals surface area (Å²) in [6.07, 6.45) is 0.371. The first-order valence-corrected chi connectivity index (χ1v) is 12.5. The van der Waals surface area contributed by atoms with E-state index >= 15 is 0 Å². The quantitative estimate of drug-likeness (QED) is 0.289. The Morgan fingerprint density at radius 1 is 1.12 bits per heavy atom. The molecule has 9 nitrogen and oxygen atoms in total. The summed E-state index contributed by atoms with van der Waals surface area (Å²) >= 11 is 1.57. The molecule has 0 radical (unpaired) electrons. The van der Waals surface area contributed by atoms with Crippen molar-refractivity contribution in [1.29, 1.82) is 0 Å². The fourth-order valence-corrected chi connectivity index (χ4v) is 5.32. The van der Waals surface area contributed by atoms with Crippen LogP contribution in [0.25, 0.3) is 11.2 Å². The molecule has 2 fully saturated rings. The van der Waals surface area contributed by atoms with Crippen molar-refractivity contribution in [2.75, 3.05) is 17.7 Å². The molecule has 176 valence electrons. The Hall–Kier alpha value is -2.27. The summed E-state index contributed by atoms with van der Waals surface area (Å²) in [4.78, 5) is 9.44. The third kappa shape index (κ3) is 4.32. The smallest absolute Gasteiger partial charge is 0.191 e. The lowest BCUT2D eigenvalue weighted by Crippen LogP contribution is -2.30. The molecule has 2 aliphatic carbocycles. The summed E-state index contributed by atoms with van der Waals surface area (Å²) in [7, 11) is 0. The summed E-state index contributed by atoms with van der Waals surface area (Å²) in [5.41, 5.74) is 3.65. The maximum atomic E-state index is 10.6. The van der Waals surface area contributed by atoms with Gasteiger partial charge >= 0.3 is 0 Å². The Morgan fingerprint density at radius 2 is 1.91 bits per heavy atom. The maximum Gasteiger partial charge on any atom is 0.191 e. The largest absolute Gasteiger partial charge is 0.396 e. The highest BCUT2D eigenvalue weighted by Crippen LogP contribution is 2.44. The molecule has 10 heteroatoms. The number of nitrogens with zero attached hydrogens (tertiary/aromatic N) is 5. The van der Waals surface area contributed by atoms with Gasteiger partial charge in [0.15, 0.2) is 22.1 Å². The number of nitrogens with one attached hydrogen (secondary N) is 1. The van der Waals surface area contributed by atoms with Gasteiger partial charge in [0.2, 0.25) is 0 Å². The van der Waals surface area contributed by atoms with Crippen molar-refractivity contribution in [2.24, 2.45) is 5.92 Å². The molecule has 6 atom stereocenters. The average Bonchev–Trinajstić information content (AvgIpc) is 3.35. The summed E-state index contributed by atoms with van der Waals surface area (Å²) in [5, 5.41) is 43.3. The molecular formula is C23H30N6O3S. The zero-order valence-corrected chi connectivity index (χ0v) is 19.6. The number of aromatic nitrogens is 5. The topological polar surface area (TPSA) is 129 Å². The number of thioether (sulfide) groups is 1. The Bertz CT molecular complexity index is 1120. The van der Waals surface area contributed by atoms with E-state index in [4.69, 9.17) is 9.97 Å². The minimum atomic E-state index is -1.04. The number of anilines is 1. The van der Waals surface area contributed by atoms with Crippen molar-refractivity contribution in [3.8, 4) is 0 Å². The SMILES string of the molecule is CCCSc1nc(NC2CC2c2ccc(C)cc2)c2nnn(C3CC(CO)C(O)C3O)c2n1. The van der Waals surface area contributed by atoms with Crippen LogP contribution >= 0.6 is 11.8 Å². The van der Waals surface area contributed by atoms with E-state index < -0.39 is 24.2 Å². The van der Waals surface area contributed by atoms with E-state index in [0.717, 1.165) is 18.6 Å². The van der Waals surface area contributed by atoms with Gasteiger partial charge in [0.05, 0.1) is 12.1 Å². The molecule has 3 aromatic rings. The molecule has 0 amide bonds. The molecule has 0 bridgehead atoms. The second-order valence-corrected chi connectivity index (χ2v) is 10.2. The van der Waals surface area contributed by atoms with E-state index in [0.29, 0.717) is 34.5 Å². The fourth-order valence-electron chi connectivity index (χ4n) is 4.63. The molecule has 4 N–H and O–H groups in total. The summed E-state index contributed by atoms with van der Waals surface area (Å²) < 4.78 is 1.59. The number of benzene rings is 1. The zero-order chi connectivity index (χ0) is 23.1. The highest BCUT2D eigenvalue weighted by atomic mass is 32.2. The number of fused-ring (bicyclic) bond motifs is 1. The lowest BCUT2D eigenvalue weighted by molar-refractivity contribution is -0.00512.